The summed E-state index contributed by atoms with van der Waals surface area (Å²) < 4.78 is 1.91. The Morgan fingerprint density at radius 3 is 3.07 bits per heavy atom. The fourth-order valence-corrected chi connectivity index (χ4v) is 2.24. The zero-order valence-corrected chi connectivity index (χ0v) is 9.21. The molecular weight excluding hydrogens is 196 g/mol. The SMILES string of the molecule is CCc1nc2scc(CC(C)N)n2n1. The van der Waals surface area contributed by atoms with E-state index in [9.17, 15) is 0 Å². The van der Waals surface area contributed by atoms with Gasteiger partial charge in [-0.05, 0) is 6.92 Å². The van der Waals surface area contributed by atoms with Gasteiger partial charge in [-0.25, -0.2) is 9.50 Å². The van der Waals surface area contributed by atoms with E-state index in [-0.39, 0.29) is 6.04 Å². The van der Waals surface area contributed by atoms with Crippen LogP contribution in [0.3, 0.4) is 0 Å². The van der Waals surface area contributed by atoms with Crippen molar-refractivity contribution >= 4 is 16.3 Å². The average molecular weight is 210 g/mol. The molecule has 0 fully saturated rings. The molecule has 2 rings (SSSR count). The summed E-state index contributed by atoms with van der Waals surface area (Å²) in [7, 11) is 0. The first-order valence-electron chi connectivity index (χ1n) is 4.78. The largest absolute Gasteiger partial charge is 0.328 e. The Bertz CT molecular complexity index is 429. The molecule has 14 heavy (non-hydrogen) atoms. The van der Waals surface area contributed by atoms with E-state index in [0.29, 0.717) is 0 Å². The van der Waals surface area contributed by atoms with Gasteiger partial charge in [0.2, 0.25) is 4.96 Å². The summed E-state index contributed by atoms with van der Waals surface area (Å²) in [6.07, 6.45) is 1.73. The van der Waals surface area contributed by atoms with Crippen LogP contribution in [0.15, 0.2) is 5.38 Å². The van der Waals surface area contributed by atoms with Crippen LogP contribution in [0.25, 0.3) is 4.96 Å². The van der Waals surface area contributed by atoms with Gasteiger partial charge in [-0.15, -0.1) is 11.3 Å². The van der Waals surface area contributed by atoms with Gasteiger partial charge < -0.3 is 5.73 Å². The molecule has 0 aliphatic carbocycles. The highest BCUT2D eigenvalue weighted by Crippen LogP contribution is 2.15. The summed E-state index contributed by atoms with van der Waals surface area (Å²) in [5.74, 6) is 0.905. The molecule has 76 valence electrons. The van der Waals surface area contributed by atoms with Gasteiger partial charge in [0.15, 0.2) is 5.82 Å². The first-order valence-corrected chi connectivity index (χ1v) is 5.66. The fourth-order valence-electron chi connectivity index (χ4n) is 1.39. The molecule has 0 saturated carbocycles. The lowest BCUT2D eigenvalue weighted by Crippen LogP contribution is -2.18. The third-order valence-electron chi connectivity index (χ3n) is 2.04. The Morgan fingerprint density at radius 1 is 1.64 bits per heavy atom. The molecule has 0 bridgehead atoms. The van der Waals surface area contributed by atoms with Gasteiger partial charge in [0.1, 0.15) is 0 Å². The van der Waals surface area contributed by atoms with Crippen molar-refractivity contribution in [1.82, 2.24) is 14.6 Å². The van der Waals surface area contributed by atoms with Crippen molar-refractivity contribution < 1.29 is 0 Å². The van der Waals surface area contributed by atoms with Gasteiger partial charge in [-0.1, -0.05) is 6.92 Å². The molecule has 4 nitrogen and oxygen atoms in total. The molecule has 1 unspecified atom stereocenters. The van der Waals surface area contributed by atoms with E-state index in [1.54, 1.807) is 11.3 Å². The van der Waals surface area contributed by atoms with Gasteiger partial charge >= 0.3 is 0 Å². The lowest BCUT2D eigenvalue weighted by atomic mass is 10.2. The minimum atomic E-state index is 0.169. The van der Waals surface area contributed by atoms with Gasteiger partial charge in [0.05, 0.1) is 5.69 Å². The highest BCUT2D eigenvalue weighted by Gasteiger charge is 2.09. The first kappa shape index (κ1) is 9.61. The van der Waals surface area contributed by atoms with Crippen LogP contribution in [0.2, 0.25) is 0 Å². The van der Waals surface area contributed by atoms with Crippen molar-refractivity contribution in [3.05, 3.63) is 16.9 Å². The van der Waals surface area contributed by atoms with Crippen LogP contribution in [-0.2, 0) is 12.8 Å². The molecule has 0 spiro atoms. The van der Waals surface area contributed by atoms with E-state index in [1.165, 1.54) is 0 Å². The number of rotatable bonds is 3. The molecule has 0 radical (unpaired) electrons. The van der Waals surface area contributed by atoms with Crippen molar-refractivity contribution in [2.45, 2.75) is 32.7 Å². The highest BCUT2D eigenvalue weighted by molar-refractivity contribution is 7.15. The topological polar surface area (TPSA) is 56.2 Å². The molecule has 1 atom stereocenters. The number of nitrogens with zero attached hydrogens (tertiary/aromatic N) is 3. The number of thiazole rings is 1. The zero-order valence-electron chi connectivity index (χ0n) is 8.40. The van der Waals surface area contributed by atoms with Crippen LogP contribution in [0.1, 0.15) is 25.4 Å². The maximum Gasteiger partial charge on any atom is 0.212 e. The third kappa shape index (κ3) is 1.65. The molecule has 0 saturated heterocycles. The Balaban J connectivity index is 2.40. The zero-order chi connectivity index (χ0) is 10.1. The number of hydrogen-bond donors (Lipinski definition) is 1. The monoisotopic (exact) mass is 210 g/mol. The Hall–Kier alpha value is -0.940. The van der Waals surface area contributed by atoms with E-state index in [2.05, 4.69) is 22.4 Å². The molecule has 5 heteroatoms. The Morgan fingerprint density at radius 2 is 2.43 bits per heavy atom. The van der Waals surface area contributed by atoms with Crippen molar-refractivity contribution in [2.24, 2.45) is 5.73 Å². The fraction of sp³-hybridized carbons (Fsp3) is 0.556. The average Bonchev–Trinajstić information content (AvgIpc) is 2.66. The van der Waals surface area contributed by atoms with Gasteiger partial charge in [-0.3, -0.25) is 0 Å². The van der Waals surface area contributed by atoms with E-state index >= 15 is 0 Å². The van der Waals surface area contributed by atoms with Crippen LogP contribution >= 0.6 is 11.3 Å². The number of hydrogen-bond acceptors (Lipinski definition) is 4. The van der Waals surface area contributed by atoms with Crippen molar-refractivity contribution in [2.75, 3.05) is 0 Å². The van der Waals surface area contributed by atoms with Gasteiger partial charge in [-0.2, -0.15) is 5.10 Å². The van der Waals surface area contributed by atoms with Crippen molar-refractivity contribution in [3.8, 4) is 0 Å². The summed E-state index contributed by atoms with van der Waals surface area (Å²) >= 11 is 1.63. The molecule has 2 heterocycles. The summed E-state index contributed by atoms with van der Waals surface area (Å²) in [5, 5.41) is 6.49. The van der Waals surface area contributed by atoms with Crippen LogP contribution in [0.4, 0.5) is 0 Å². The second kappa shape index (κ2) is 3.67. The van der Waals surface area contributed by atoms with Crippen molar-refractivity contribution in [3.63, 3.8) is 0 Å². The highest BCUT2D eigenvalue weighted by atomic mass is 32.1. The quantitative estimate of drug-likeness (QED) is 0.829. The van der Waals surface area contributed by atoms with Crippen LogP contribution in [0.5, 0.6) is 0 Å². The van der Waals surface area contributed by atoms with E-state index in [1.807, 2.05) is 11.4 Å². The minimum absolute atomic E-state index is 0.169. The maximum absolute atomic E-state index is 5.76. The van der Waals surface area contributed by atoms with Gasteiger partial charge in [0, 0.05) is 24.3 Å². The number of nitrogens with two attached hydrogens (primary N) is 1. The second-order valence-corrected chi connectivity index (χ2v) is 4.32. The summed E-state index contributed by atoms with van der Waals surface area (Å²) in [6.45, 7) is 4.06. The number of aromatic nitrogens is 3. The smallest absolute Gasteiger partial charge is 0.212 e. The number of fused-ring (bicyclic) bond motifs is 1. The maximum atomic E-state index is 5.76. The normalized spacial score (nSPS) is 13.6. The predicted octanol–water partition coefficient (Wildman–Crippen LogP) is 1.24. The molecule has 2 aromatic rings. The molecule has 0 amide bonds. The number of aryl methyl sites for hydroxylation is 1. The lowest BCUT2D eigenvalue weighted by Gasteiger charge is -2.01. The first-order chi connectivity index (χ1) is 6.70. The van der Waals surface area contributed by atoms with Crippen molar-refractivity contribution in [1.29, 1.82) is 0 Å². The van der Waals surface area contributed by atoms with Gasteiger partial charge in [0.25, 0.3) is 0 Å². The summed E-state index contributed by atoms with van der Waals surface area (Å²) in [6, 6.07) is 0.169. The third-order valence-corrected chi connectivity index (χ3v) is 2.91. The molecule has 0 aliphatic heterocycles. The minimum Gasteiger partial charge on any atom is -0.328 e. The second-order valence-electron chi connectivity index (χ2n) is 3.48. The van der Waals surface area contributed by atoms with E-state index < -0.39 is 0 Å². The summed E-state index contributed by atoms with van der Waals surface area (Å²) in [4.78, 5) is 5.36. The molecule has 2 N–H and O–H groups in total. The Labute approximate surface area is 86.8 Å². The van der Waals surface area contributed by atoms with Crippen LogP contribution in [-0.4, -0.2) is 20.6 Å². The molecular formula is C9H14N4S. The van der Waals surface area contributed by atoms with E-state index in [4.69, 9.17) is 5.73 Å². The Kier molecular flexibility index (Phi) is 2.52. The predicted molar refractivity (Wildman–Crippen MR) is 57.6 cm³/mol. The molecule has 0 aromatic carbocycles. The molecule has 0 aliphatic rings. The van der Waals surface area contributed by atoms with Crippen LogP contribution < -0.4 is 5.73 Å². The van der Waals surface area contributed by atoms with Crippen LogP contribution in [0, 0.1) is 0 Å². The summed E-state index contributed by atoms with van der Waals surface area (Å²) in [5.41, 5.74) is 6.92. The van der Waals surface area contributed by atoms with E-state index in [0.717, 1.165) is 29.3 Å². The lowest BCUT2D eigenvalue weighted by molar-refractivity contribution is 0.699. The standard InChI is InChI=1S/C9H14N4S/c1-3-8-11-9-13(12-8)7(5-14-9)4-6(2)10/h5-6H,3-4,10H2,1-2H3. The molecule has 2 aromatic heterocycles.